The number of nitrogens with zero attached hydrogens (tertiary/aromatic N) is 4. The lowest BCUT2D eigenvalue weighted by molar-refractivity contribution is -0.132. The van der Waals surface area contributed by atoms with E-state index in [-0.39, 0.29) is 17.7 Å². The number of piperidine rings is 1. The van der Waals surface area contributed by atoms with Gasteiger partial charge >= 0.3 is 0 Å². The normalized spacial score (nSPS) is 15.4. The number of hydrogen-bond donors (Lipinski definition) is 2. The van der Waals surface area contributed by atoms with Crippen LogP contribution in [0.3, 0.4) is 0 Å². The summed E-state index contributed by atoms with van der Waals surface area (Å²) in [5.41, 5.74) is 1.56. The largest absolute Gasteiger partial charge is 0.343 e. The van der Waals surface area contributed by atoms with E-state index < -0.39 is 0 Å². The summed E-state index contributed by atoms with van der Waals surface area (Å²) in [4.78, 5) is 25.4. The maximum Gasteiger partial charge on any atom is 0.227 e. The molecule has 120 valence electrons. The van der Waals surface area contributed by atoms with Crippen molar-refractivity contribution in [1.82, 2.24) is 25.5 Å². The predicted molar refractivity (Wildman–Crippen MR) is 83.2 cm³/mol. The number of tetrazole rings is 1. The van der Waals surface area contributed by atoms with Gasteiger partial charge in [-0.1, -0.05) is 0 Å². The molecule has 23 heavy (non-hydrogen) atoms. The molecule has 1 fully saturated rings. The summed E-state index contributed by atoms with van der Waals surface area (Å²) >= 11 is 0. The molecule has 2 N–H and O–H groups in total. The second-order valence-electron chi connectivity index (χ2n) is 5.58. The number of benzene rings is 1. The minimum Gasteiger partial charge on any atom is -0.343 e. The Morgan fingerprint density at radius 2 is 1.91 bits per heavy atom. The standard InChI is InChI=1S/C15H18N6O2/c1-10(22)21-8-6-12(7-9-21)15(23)16-13-4-2-11(3-5-13)14-17-19-20-18-14/h2-5,12H,6-9H2,1H3,(H,16,23)(H,17,18,19,20). The van der Waals surface area contributed by atoms with Gasteiger partial charge in [0.2, 0.25) is 17.6 Å². The summed E-state index contributed by atoms with van der Waals surface area (Å²) in [6, 6.07) is 7.29. The summed E-state index contributed by atoms with van der Waals surface area (Å²) in [7, 11) is 0. The van der Waals surface area contributed by atoms with Crippen molar-refractivity contribution in [2.75, 3.05) is 18.4 Å². The molecule has 8 nitrogen and oxygen atoms in total. The summed E-state index contributed by atoms with van der Waals surface area (Å²) in [6.45, 7) is 2.85. The van der Waals surface area contributed by atoms with Crippen LogP contribution in [-0.2, 0) is 9.59 Å². The third kappa shape index (κ3) is 3.53. The first-order chi connectivity index (χ1) is 11.1. The van der Waals surface area contributed by atoms with E-state index in [1.807, 2.05) is 24.3 Å². The molecule has 8 heteroatoms. The van der Waals surface area contributed by atoms with Gasteiger partial charge in [-0.15, -0.1) is 10.2 Å². The van der Waals surface area contributed by atoms with Crippen molar-refractivity contribution in [3.63, 3.8) is 0 Å². The van der Waals surface area contributed by atoms with Gasteiger partial charge < -0.3 is 10.2 Å². The highest BCUT2D eigenvalue weighted by molar-refractivity contribution is 5.93. The lowest BCUT2D eigenvalue weighted by Gasteiger charge is -2.30. The Labute approximate surface area is 133 Å². The average Bonchev–Trinajstić information content (AvgIpc) is 3.10. The maximum absolute atomic E-state index is 12.3. The molecule has 0 saturated carbocycles. The van der Waals surface area contributed by atoms with Gasteiger partial charge in [0.05, 0.1) is 0 Å². The first-order valence-corrected chi connectivity index (χ1v) is 7.54. The lowest BCUT2D eigenvalue weighted by Crippen LogP contribution is -2.40. The van der Waals surface area contributed by atoms with Crippen LogP contribution in [0.15, 0.2) is 24.3 Å². The van der Waals surface area contributed by atoms with Crippen molar-refractivity contribution >= 4 is 17.5 Å². The third-order valence-electron chi connectivity index (χ3n) is 4.07. The monoisotopic (exact) mass is 314 g/mol. The molecule has 0 spiro atoms. The Bertz CT molecular complexity index is 675. The first-order valence-electron chi connectivity index (χ1n) is 7.54. The number of carbonyl (C=O) groups is 2. The van der Waals surface area contributed by atoms with Gasteiger partial charge in [0.1, 0.15) is 0 Å². The number of anilines is 1. The topological polar surface area (TPSA) is 104 Å². The summed E-state index contributed by atoms with van der Waals surface area (Å²) in [6.07, 6.45) is 1.40. The van der Waals surface area contributed by atoms with Crippen molar-refractivity contribution < 1.29 is 9.59 Å². The van der Waals surface area contributed by atoms with E-state index in [0.29, 0.717) is 31.8 Å². The van der Waals surface area contributed by atoms with E-state index in [1.54, 1.807) is 11.8 Å². The molecule has 0 aliphatic carbocycles. The second-order valence-corrected chi connectivity index (χ2v) is 5.58. The van der Waals surface area contributed by atoms with E-state index in [9.17, 15) is 9.59 Å². The molecular formula is C15H18N6O2. The molecule has 1 aliphatic rings. The smallest absolute Gasteiger partial charge is 0.227 e. The number of amides is 2. The molecular weight excluding hydrogens is 296 g/mol. The molecule has 0 atom stereocenters. The Morgan fingerprint density at radius 1 is 1.22 bits per heavy atom. The van der Waals surface area contributed by atoms with Crippen molar-refractivity contribution in [3.8, 4) is 11.4 Å². The fourth-order valence-corrected chi connectivity index (χ4v) is 2.69. The van der Waals surface area contributed by atoms with Crippen LogP contribution in [0.25, 0.3) is 11.4 Å². The molecule has 0 radical (unpaired) electrons. The predicted octanol–water partition coefficient (Wildman–Crippen LogP) is 1.06. The Balaban J connectivity index is 1.57. The van der Waals surface area contributed by atoms with E-state index in [0.717, 1.165) is 11.3 Å². The molecule has 1 saturated heterocycles. The molecule has 3 rings (SSSR count). The van der Waals surface area contributed by atoms with Gasteiger partial charge in [-0.2, -0.15) is 5.21 Å². The highest BCUT2D eigenvalue weighted by atomic mass is 16.2. The molecule has 2 heterocycles. The number of likely N-dealkylation sites (tertiary alicyclic amines) is 1. The number of H-pyrrole nitrogens is 1. The fraction of sp³-hybridized carbons (Fsp3) is 0.400. The van der Waals surface area contributed by atoms with E-state index in [2.05, 4.69) is 25.9 Å². The Morgan fingerprint density at radius 3 is 2.48 bits per heavy atom. The molecule has 2 aromatic rings. The third-order valence-corrected chi connectivity index (χ3v) is 4.07. The van der Waals surface area contributed by atoms with Crippen LogP contribution in [0.2, 0.25) is 0 Å². The number of aromatic amines is 1. The van der Waals surface area contributed by atoms with Crippen molar-refractivity contribution in [3.05, 3.63) is 24.3 Å². The van der Waals surface area contributed by atoms with Crippen molar-refractivity contribution in [1.29, 1.82) is 0 Å². The molecule has 0 bridgehead atoms. The Kier molecular flexibility index (Phi) is 4.31. The fourth-order valence-electron chi connectivity index (χ4n) is 2.69. The van der Waals surface area contributed by atoms with Gasteiger partial charge in [-0.05, 0) is 42.3 Å². The highest BCUT2D eigenvalue weighted by Gasteiger charge is 2.25. The quantitative estimate of drug-likeness (QED) is 0.881. The maximum atomic E-state index is 12.3. The van der Waals surface area contributed by atoms with Gasteiger partial charge in [-0.3, -0.25) is 9.59 Å². The summed E-state index contributed by atoms with van der Waals surface area (Å²) in [5.74, 6) is 0.531. The van der Waals surface area contributed by atoms with E-state index in [4.69, 9.17) is 0 Å². The number of aromatic nitrogens is 4. The summed E-state index contributed by atoms with van der Waals surface area (Å²) < 4.78 is 0. The molecule has 1 aliphatic heterocycles. The molecule has 2 amide bonds. The van der Waals surface area contributed by atoms with Gasteiger partial charge in [-0.25, -0.2) is 0 Å². The summed E-state index contributed by atoms with van der Waals surface area (Å²) in [5, 5.41) is 16.6. The van der Waals surface area contributed by atoms with Gasteiger partial charge in [0, 0.05) is 37.2 Å². The van der Waals surface area contributed by atoms with Crippen molar-refractivity contribution in [2.45, 2.75) is 19.8 Å². The lowest BCUT2D eigenvalue weighted by atomic mass is 9.96. The van der Waals surface area contributed by atoms with E-state index in [1.165, 1.54) is 0 Å². The van der Waals surface area contributed by atoms with Gasteiger partial charge in [0.15, 0.2) is 0 Å². The molecule has 1 aromatic carbocycles. The van der Waals surface area contributed by atoms with Crippen LogP contribution >= 0.6 is 0 Å². The second kappa shape index (κ2) is 6.55. The molecule has 1 aromatic heterocycles. The minimum absolute atomic E-state index is 0.000475. The van der Waals surface area contributed by atoms with Gasteiger partial charge in [0.25, 0.3) is 0 Å². The van der Waals surface area contributed by atoms with Crippen LogP contribution in [-0.4, -0.2) is 50.4 Å². The number of hydrogen-bond acceptors (Lipinski definition) is 5. The van der Waals surface area contributed by atoms with E-state index >= 15 is 0 Å². The zero-order valence-electron chi connectivity index (χ0n) is 12.8. The number of nitrogens with one attached hydrogen (secondary N) is 2. The van der Waals surface area contributed by atoms with Crippen molar-refractivity contribution in [2.24, 2.45) is 5.92 Å². The molecule has 0 unspecified atom stereocenters. The SMILES string of the molecule is CC(=O)N1CCC(C(=O)Nc2ccc(-c3nn[nH]n3)cc2)CC1. The minimum atomic E-state index is -0.0533. The Hall–Kier alpha value is -2.77. The zero-order valence-corrected chi connectivity index (χ0v) is 12.8. The zero-order chi connectivity index (χ0) is 16.2. The number of carbonyl (C=O) groups excluding carboxylic acids is 2. The van der Waals surface area contributed by atoms with Crippen LogP contribution in [0.1, 0.15) is 19.8 Å². The highest BCUT2D eigenvalue weighted by Crippen LogP contribution is 2.21. The van der Waals surface area contributed by atoms with Crippen LogP contribution in [0.4, 0.5) is 5.69 Å². The first kappa shape index (κ1) is 15.1. The average molecular weight is 314 g/mol. The van der Waals surface area contributed by atoms with Crippen LogP contribution in [0, 0.1) is 5.92 Å². The van der Waals surface area contributed by atoms with Crippen LogP contribution < -0.4 is 5.32 Å². The number of rotatable bonds is 3. The van der Waals surface area contributed by atoms with Crippen LogP contribution in [0.5, 0.6) is 0 Å².